The van der Waals surface area contributed by atoms with Gasteiger partial charge in [-0.2, -0.15) is 0 Å². The molecule has 0 amide bonds. The van der Waals surface area contributed by atoms with Crippen molar-refractivity contribution in [2.24, 2.45) is 5.92 Å². The molecule has 2 heterocycles. The standard InChI is InChI=1S/C56H41N3O/c1-34-43-15-6-4-12-36(43)27-29-44(34)55-57-54(58-56(59-55)50-32-42-14-5-7-16-45(42)47-17-8-9-18-48(47)50)38-24-22-37(23-25-38)46-19-10-20-51-53(46)49-30-28-41(33-52(49)60-51)40-26-21-35-11-2-3-13-39(35)31-40/h2-3,5-11,13-32,34,41,44H,4,12,33H2,1H3. The molecule has 3 aliphatic carbocycles. The molecule has 0 radical (unpaired) electrons. The fraction of sp³-hybridized carbons (Fsp3) is 0.125. The third kappa shape index (κ3) is 5.78. The van der Waals surface area contributed by atoms with Crippen LogP contribution in [0.5, 0.6) is 0 Å². The summed E-state index contributed by atoms with van der Waals surface area (Å²) in [6, 6.07) is 50.0. The fourth-order valence-electron chi connectivity index (χ4n) is 9.98. The Hall–Kier alpha value is -7.17. The van der Waals surface area contributed by atoms with Crippen molar-refractivity contribution in [2.45, 2.75) is 38.0 Å². The van der Waals surface area contributed by atoms with Crippen molar-refractivity contribution in [1.82, 2.24) is 15.0 Å². The average molecular weight is 772 g/mol. The first kappa shape index (κ1) is 34.8. The van der Waals surface area contributed by atoms with Crippen molar-refractivity contribution >= 4 is 49.4 Å². The van der Waals surface area contributed by atoms with Crippen LogP contribution >= 0.6 is 0 Å². The van der Waals surface area contributed by atoms with E-state index in [2.05, 4.69) is 183 Å². The predicted octanol–water partition coefficient (Wildman–Crippen LogP) is 14.4. The van der Waals surface area contributed by atoms with Crippen LogP contribution in [0.25, 0.3) is 83.3 Å². The molecule has 60 heavy (non-hydrogen) atoms. The van der Waals surface area contributed by atoms with Gasteiger partial charge in [0.25, 0.3) is 0 Å². The van der Waals surface area contributed by atoms with Crippen molar-refractivity contribution in [3.05, 3.63) is 204 Å². The minimum absolute atomic E-state index is 0.0248. The van der Waals surface area contributed by atoms with Crippen LogP contribution < -0.4 is 0 Å². The summed E-state index contributed by atoms with van der Waals surface area (Å²) >= 11 is 0. The van der Waals surface area contributed by atoms with E-state index in [4.69, 9.17) is 19.4 Å². The number of allylic oxidation sites excluding steroid dienone is 7. The third-order valence-corrected chi connectivity index (χ3v) is 13.1. The molecular formula is C56H41N3O. The molecule has 3 unspecified atom stereocenters. The molecule has 0 bridgehead atoms. The Kier molecular flexibility index (Phi) is 8.12. The third-order valence-electron chi connectivity index (χ3n) is 13.1. The molecule has 0 N–H and O–H groups in total. The average Bonchev–Trinajstić information content (AvgIpc) is 3.70. The van der Waals surface area contributed by atoms with Crippen LogP contribution in [0.15, 0.2) is 185 Å². The summed E-state index contributed by atoms with van der Waals surface area (Å²) in [6.45, 7) is 2.32. The minimum Gasteiger partial charge on any atom is -0.460 e. The summed E-state index contributed by atoms with van der Waals surface area (Å²) in [7, 11) is 0. The molecule has 3 aliphatic rings. The Balaban J connectivity index is 0.941. The van der Waals surface area contributed by atoms with Gasteiger partial charge in [-0.15, -0.1) is 0 Å². The van der Waals surface area contributed by atoms with Crippen LogP contribution in [0, 0.1) is 5.92 Å². The number of nitrogens with zero attached hydrogens (tertiary/aromatic N) is 3. The van der Waals surface area contributed by atoms with Crippen molar-refractivity contribution in [1.29, 1.82) is 0 Å². The molecule has 0 fully saturated rings. The summed E-state index contributed by atoms with van der Waals surface area (Å²) in [5.74, 6) is 3.76. The molecule has 7 aromatic carbocycles. The lowest BCUT2D eigenvalue weighted by Crippen LogP contribution is -2.19. The van der Waals surface area contributed by atoms with Crippen molar-refractivity contribution in [2.75, 3.05) is 0 Å². The monoisotopic (exact) mass is 771 g/mol. The molecule has 0 saturated heterocycles. The Morgan fingerprint density at radius 2 is 1.35 bits per heavy atom. The normalized spacial score (nSPS) is 18.4. The molecule has 9 aromatic rings. The second kappa shape index (κ2) is 14.0. The van der Waals surface area contributed by atoms with Gasteiger partial charge in [0.1, 0.15) is 17.2 Å². The van der Waals surface area contributed by atoms with E-state index in [1.54, 1.807) is 0 Å². The number of hydrogen-bond acceptors (Lipinski definition) is 4. The first-order valence-corrected chi connectivity index (χ1v) is 21.2. The van der Waals surface area contributed by atoms with Gasteiger partial charge < -0.3 is 4.42 Å². The fourth-order valence-corrected chi connectivity index (χ4v) is 9.98. The van der Waals surface area contributed by atoms with Gasteiger partial charge in [0.05, 0.1) is 0 Å². The van der Waals surface area contributed by atoms with Crippen molar-refractivity contribution in [3.8, 4) is 33.9 Å². The van der Waals surface area contributed by atoms with Crippen LogP contribution in [-0.4, -0.2) is 15.0 Å². The molecule has 0 spiro atoms. The highest BCUT2D eigenvalue weighted by Crippen LogP contribution is 2.43. The maximum atomic E-state index is 6.62. The van der Waals surface area contributed by atoms with Gasteiger partial charge >= 0.3 is 0 Å². The Morgan fingerprint density at radius 1 is 0.583 bits per heavy atom. The van der Waals surface area contributed by atoms with E-state index in [9.17, 15) is 0 Å². The number of furan rings is 1. The topological polar surface area (TPSA) is 51.8 Å². The zero-order chi connectivity index (χ0) is 39.7. The molecular weight excluding hydrogens is 731 g/mol. The van der Waals surface area contributed by atoms with Gasteiger partial charge in [-0.25, -0.2) is 15.0 Å². The highest BCUT2D eigenvalue weighted by Gasteiger charge is 2.29. The lowest BCUT2D eigenvalue weighted by molar-refractivity contribution is 0.533. The van der Waals surface area contributed by atoms with Crippen LogP contribution in [0.1, 0.15) is 54.3 Å². The summed E-state index contributed by atoms with van der Waals surface area (Å²) in [6.07, 6.45) is 16.9. The summed E-state index contributed by atoms with van der Waals surface area (Å²) in [5.41, 5.74) is 10.5. The van der Waals surface area contributed by atoms with Crippen LogP contribution in [0.4, 0.5) is 0 Å². The molecule has 3 atom stereocenters. The quantitative estimate of drug-likeness (QED) is 0.164. The maximum absolute atomic E-state index is 6.62. The van der Waals surface area contributed by atoms with E-state index in [1.807, 2.05) is 0 Å². The van der Waals surface area contributed by atoms with E-state index in [1.165, 1.54) is 49.2 Å². The van der Waals surface area contributed by atoms with Crippen LogP contribution in [-0.2, 0) is 6.42 Å². The van der Waals surface area contributed by atoms with Crippen LogP contribution in [0.2, 0.25) is 0 Å². The van der Waals surface area contributed by atoms with Gasteiger partial charge in [-0.1, -0.05) is 171 Å². The van der Waals surface area contributed by atoms with E-state index >= 15 is 0 Å². The number of rotatable bonds is 5. The Morgan fingerprint density at radius 3 is 2.23 bits per heavy atom. The number of hydrogen-bond donors (Lipinski definition) is 0. The minimum atomic E-state index is 0.0248. The smallest absolute Gasteiger partial charge is 0.164 e. The van der Waals surface area contributed by atoms with Gasteiger partial charge in [0.15, 0.2) is 11.6 Å². The van der Waals surface area contributed by atoms with Crippen LogP contribution in [0.3, 0.4) is 0 Å². The lowest BCUT2D eigenvalue weighted by atomic mass is 9.77. The first-order valence-electron chi connectivity index (χ1n) is 21.2. The van der Waals surface area contributed by atoms with E-state index in [0.29, 0.717) is 11.6 Å². The second-order valence-corrected chi connectivity index (χ2v) is 16.6. The lowest BCUT2D eigenvalue weighted by Gasteiger charge is -2.29. The number of aromatic nitrogens is 3. The molecule has 12 rings (SSSR count). The maximum Gasteiger partial charge on any atom is 0.164 e. The zero-order valence-corrected chi connectivity index (χ0v) is 33.3. The van der Waals surface area contributed by atoms with E-state index in [0.717, 1.165) is 69.5 Å². The number of benzene rings is 7. The molecule has 286 valence electrons. The molecule has 2 aromatic heterocycles. The van der Waals surface area contributed by atoms with E-state index in [-0.39, 0.29) is 17.8 Å². The van der Waals surface area contributed by atoms with Gasteiger partial charge in [0, 0.05) is 40.3 Å². The highest BCUT2D eigenvalue weighted by molar-refractivity contribution is 6.13. The second-order valence-electron chi connectivity index (χ2n) is 16.6. The Bertz CT molecular complexity index is 3330. The summed E-state index contributed by atoms with van der Waals surface area (Å²) in [5, 5.41) is 8.41. The number of fused-ring (bicyclic) bond motifs is 7. The molecule has 4 nitrogen and oxygen atoms in total. The summed E-state index contributed by atoms with van der Waals surface area (Å²) < 4.78 is 6.62. The van der Waals surface area contributed by atoms with Gasteiger partial charge in [0.2, 0.25) is 0 Å². The van der Waals surface area contributed by atoms with Crippen molar-refractivity contribution < 1.29 is 4.42 Å². The summed E-state index contributed by atoms with van der Waals surface area (Å²) in [4.78, 5) is 15.9. The molecule has 0 aliphatic heterocycles. The zero-order valence-electron chi connectivity index (χ0n) is 33.3. The van der Waals surface area contributed by atoms with E-state index < -0.39 is 0 Å². The molecule has 4 heteroatoms. The SMILES string of the molecule is CC1C2=C(C=CC1c1nc(-c3ccc(-c4cccc5oc6c(c45)C=CC(c4ccc5ccccc5c4)C6)cc3)nc(-c3cc4ccccc4c4ccccc34)n1)CCC=C2. The van der Waals surface area contributed by atoms with Gasteiger partial charge in [-0.3, -0.25) is 0 Å². The predicted molar refractivity (Wildman–Crippen MR) is 247 cm³/mol. The first-order chi connectivity index (χ1) is 29.6. The Labute approximate surface area is 349 Å². The molecule has 0 saturated carbocycles. The highest BCUT2D eigenvalue weighted by atomic mass is 16.3. The van der Waals surface area contributed by atoms with Crippen molar-refractivity contribution in [3.63, 3.8) is 0 Å². The largest absolute Gasteiger partial charge is 0.460 e. The van der Waals surface area contributed by atoms with Gasteiger partial charge in [-0.05, 0) is 91.0 Å².